The van der Waals surface area contributed by atoms with Crippen molar-refractivity contribution in [3.05, 3.63) is 24.3 Å². The number of hydrogen-bond acceptors (Lipinski definition) is 2. The molecule has 0 unspecified atom stereocenters. The minimum Gasteiger partial charge on any atom is -0.382 e. The Morgan fingerprint density at radius 3 is 1.82 bits per heavy atom. The van der Waals surface area contributed by atoms with E-state index < -0.39 is 0 Å². The fourth-order valence-electron chi connectivity index (χ4n) is 1.19. The number of para-hydroxylation sites is 2. The molecule has 2 N–H and O–H groups in total. The smallest absolute Gasteiger partial charge is 0.0576 e. The van der Waals surface area contributed by atoms with E-state index in [0.717, 1.165) is 13.1 Å². The van der Waals surface area contributed by atoms with Crippen LogP contribution in [0.5, 0.6) is 0 Å². The molecule has 3 heteroatoms. The quantitative estimate of drug-likeness (QED) is 0.547. The summed E-state index contributed by atoms with van der Waals surface area (Å²) in [5.74, 6) is 0. The summed E-state index contributed by atoms with van der Waals surface area (Å²) in [6, 6.07) is 8.25. The van der Waals surface area contributed by atoms with Crippen LogP contribution in [0.2, 0.25) is 0 Å². The Balaban J connectivity index is 0.000000605. The normalized spacial score (nSPS) is 13.5. The van der Waals surface area contributed by atoms with Crippen LogP contribution in [0.15, 0.2) is 24.3 Å². The van der Waals surface area contributed by atoms with Crippen molar-refractivity contribution in [2.24, 2.45) is 0 Å². The van der Waals surface area contributed by atoms with E-state index in [2.05, 4.69) is 22.8 Å². The van der Waals surface area contributed by atoms with Crippen molar-refractivity contribution in [3.63, 3.8) is 0 Å². The first kappa shape index (κ1) is 8.91. The third-order valence-electron chi connectivity index (χ3n) is 1.68. The fraction of sp³-hybridized carbons (Fsp3) is 0.250. The maximum absolute atomic E-state index is 3.30. The second-order valence-corrected chi connectivity index (χ2v) is 2.40. The molecule has 0 spiro atoms. The number of benzene rings is 1. The second-order valence-electron chi connectivity index (χ2n) is 2.40. The molecule has 0 amide bonds. The summed E-state index contributed by atoms with van der Waals surface area (Å²) in [4.78, 5) is 0. The molecule has 0 saturated heterocycles. The standard InChI is InChI=1S/C8H10N2.Na.H/c1-2-4-8-7(3-1)9-5-6-10-8;;/h1-4,9-10H,5-6H2;;. The van der Waals surface area contributed by atoms with Gasteiger partial charge in [0, 0.05) is 13.1 Å². The Labute approximate surface area is 88.7 Å². The molecule has 2 nitrogen and oxygen atoms in total. The van der Waals surface area contributed by atoms with Crippen LogP contribution < -0.4 is 10.6 Å². The van der Waals surface area contributed by atoms with Gasteiger partial charge in [-0.3, -0.25) is 0 Å². The van der Waals surface area contributed by atoms with Crippen molar-refractivity contribution in [2.75, 3.05) is 23.7 Å². The minimum absolute atomic E-state index is 0. The molecule has 1 aromatic carbocycles. The molecule has 1 aromatic rings. The van der Waals surface area contributed by atoms with Crippen molar-refractivity contribution < 1.29 is 0 Å². The van der Waals surface area contributed by atoms with Crippen LogP contribution in [0, 0.1) is 0 Å². The van der Waals surface area contributed by atoms with Gasteiger partial charge in [-0.15, -0.1) is 0 Å². The van der Waals surface area contributed by atoms with E-state index in [0.29, 0.717) is 0 Å². The van der Waals surface area contributed by atoms with Gasteiger partial charge in [0.05, 0.1) is 11.4 Å². The Hall–Kier alpha value is -0.180. The molecule has 0 bridgehead atoms. The molecule has 1 heterocycles. The average molecular weight is 158 g/mol. The molecule has 0 atom stereocenters. The molecule has 0 aromatic heterocycles. The van der Waals surface area contributed by atoms with Crippen LogP contribution in [-0.4, -0.2) is 42.6 Å². The molecule has 2 rings (SSSR count). The van der Waals surface area contributed by atoms with Crippen molar-refractivity contribution in [1.29, 1.82) is 0 Å². The summed E-state index contributed by atoms with van der Waals surface area (Å²) in [7, 11) is 0. The fourth-order valence-corrected chi connectivity index (χ4v) is 1.19. The molecule has 0 fully saturated rings. The van der Waals surface area contributed by atoms with Crippen LogP contribution in [0.25, 0.3) is 0 Å². The molecule has 11 heavy (non-hydrogen) atoms. The number of fused-ring (bicyclic) bond motifs is 1. The monoisotopic (exact) mass is 158 g/mol. The van der Waals surface area contributed by atoms with Gasteiger partial charge in [-0.2, -0.15) is 0 Å². The van der Waals surface area contributed by atoms with E-state index in [1.165, 1.54) is 11.4 Å². The van der Waals surface area contributed by atoms with Crippen LogP contribution in [0.3, 0.4) is 0 Å². The van der Waals surface area contributed by atoms with Gasteiger partial charge in [-0.05, 0) is 12.1 Å². The molecular formula is C8H11N2Na. The van der Waals surface area contributed by atoms with E-state index in [1.807, 2.05) is 12.1 Å². The molecular weight excluding hydrogens is 147 g/mol. The summed E-state index contributed by atoms with van der Waals surface area (Å²) in [5.41, 5.74) is 2.43. The van der Waals surface area contributed by atoms with Crippen molar-refractivity contribution >= 4 is 40.9 Å². The number of hydrogen-bond donors (Lipinski definition) is 2. The Bertz CT molecular complexity index is 212. The van der Waals surface area contributed by atoms with Gasteiger partial charge < -0.3 is 10.6 Å². The maximum Gasteiger partial charge on any atom is 0.0576 e. The van der Waals surface area contributed by atoms with Gasteiger partial charge in [-0.1, -0.05) is 12.1 Å². The van der Waals surface area contributed by atoms with Gasteiger partial charge >= 0.3 is 29.6 Å². The molecule has 54 valence electrons. The van der Waals surface area contributed by atoms with Crippen LogP contribution >= 0.6 is 0 Å². The number of rotatable bonds is 0. The summed E-state index contributed by atoms with van der Waals surface area (Å²) >= 11 is 0. The van der Waals surface area contributed by atoms with E-state index in [-0.39, 0.29) is 29.6 Å². The summed E-state index contributed by atoms with van der Waals surface area (Å²) in [6.45, 7) is 2.05. The maximum atomic E-state index is 3.30. The van der Waals surface area contributed by atoms with E-state index in [9.17, 15) is 0 Å². The SMILES string of the molecule is [NaH].c1ccc2c(c1)NCCN2. The molecule has 0 aliphatic carbocycles. The van der Waals surface area contributed by atoms with E-state index in [4.69, 9.17) is 0 Å². The second kappa shape index (κ2) is 4.00. The van der Waals surface area contributed by atoms with Crippen molar-refractivity contribution in [2.45, 2.75) is 0 Å². The van der Waals surface area contributed by atoms with Crippen LogP contribution in [0.1, 0.15) is 0 Å². The van der Waals surface area contributed by atoms with Crippen LogP contribution in [-0.2, 0) is 0 Å². The van der Waals surface area contributed by atoms with Gasteiger partial charge in [0.25, 0.3) is 0 Å². The molecule has 1 aliphatic rings. The Kier molecular flexibility index (Phi) is 3.24. The minimum atomic E-state index is 0. The molecule has 0 saturated carbocycles. The molecule has 0 radical (unpaired) electrons. The number of nitrogens with one attached hydrogen (secondary N) is 2. The Morgan fingerprint density at radius 2 is 1.36 bits per heavy atom. The zero-order valence-electron chi connectivity index (χ0n) is 5.72. The first-order chi connectivity index (χ1) is 4.97. The summed E-state index contributed by atoms with van der Waals surface area (Å²) < 4.78 is 0. The largest absolute Gasteiger partial charge is 0.382 e. The van der Waals surface area contributed by atoms with Crippen molar-refractivity contribution in [3.8, 4) is 0 Å². The van der Waals surface area contributed by atoms with Crippen LogP contribution in [0.4, 0.5) is 11.4 Å². The predicted molar refractivity (Wildman–Crippen MR) is 50.6 cm³/mol. The predicted octanol–water partition coefficient (Wildman–Crippen LogP) is 0.875. The first-order valence-corrected chi connectivity index (χ1v) is 3.53. The van der Waals surface area contributed by atoms with Gasteiger partial charge in [0.15, 0.2) is 0 Å². The first-order valence-electron chi connectivity index (χ1n) is 3.53. The summed E-state index contributed by atoms with van der Waals surface area (Å²) in [6.07, 6.45) is 0. The third-order valence-corrected chi connectivity index (χ3v) is 1.68. The van der Waals surface area contributed by atoms with E-state index in [1.54, 1.807) is 0 Å². The van der Waals surface area contributed by atoms with Gasteiger partial charge in [-0.25, -0.2) is 0 Å². The Morgan fingerprint density at radius 1 is 0.909 bits per heavy atom. The van der Waals surface area contributed by atoms with Gasteiger partial charge in [0.1, 0.15) is 0 Å². The van der Waals surface area contributed by atoms with Crippen molar-refractivity contribution in [1.82, 2.24) is 0 Å². The molecule has 1 aliphatic heterocycles. The zero-order chi connectivity index (χ0) is 6.81. The van der Waals surface area contributed by atoms with Gasteiger partial charge in [0.2, 0.25) is 0 Å². The average Bonchev–Trinajstić information content (AvgIpc) is 2.05. The third kappa shape index (κ3) is 1.89. The topological polar surface area (TPSA) is 24.1 Å². The zero-order valence-corrected chi connectivity index (χ0v) is 5.72. The number of anilines is 2. The summed E-state index contributed by atoms with van der Waals surface area (Å²) in [5, 5.41) is 6.60. The van der Waals surface area contributed by atoms with E-state index >= 15 is 0 Å².